The molecule has 0 saturated heterocycles. The summed E-state index contributed by atoms with van der Waals surface area (Å²) in [5, 5.41) is 8.67. The van der Waals surface area contributed by atoms with Crippen molar-refractivity contribution in [3.63, 3.8) is 0 Å². The Balaban J connectivity index is 2.48. The summed E-state index contributed by atoms with van der Waals surface area (Å²) in [5.41, 5.74) is 2.24. The van der Waals surface area contributed by atoms with Crippen molar-refractivity contribution < 1.29 is 14.3 Å². The predicted octanol–water partition coefficient (Wildman–Crippen LogP) is 1.62. The second-order valence-corrected chi connectivity index (χ2v) is 3.78. The van der Waals surface area contributed by atoms with Gasteiger partial charge in [-0.1, -0.05) is 12.6 Å². The lowest BCUT2D eigenvalue weighted by atomic mass is 10.0. The molecule has 5 heteroatoms. The molecule has 0 aliphatic heterocycles. The molecule has 0 amide bonds. The fourth-order valence-electron chi connectivity index (χ4n) is 1.64. The molecule has 0 saturated carbocycles. The Morgan fingerprint density at radius 2 is 2.24 bits per heavy atom. The van der Waals surface area contributed by atoms with Gasteiger partial charge in [0, 0.05) is 7.05 Å². The molecule has 0 bridgehead atoms. The van der Waals surface area contributed by atoms with Crippen LogP contribution < -0.4 is 5.76 Å². The van der Waals surface area contributed by atoms with Crippen LogP contribution in [-0.2, 0) is 11.8 Å². The molecule has 88 valence electrons. The fraction of sp³-hybridized carbons (Fsp3) is 0.167. The van der Waals surface area contributed by atoms with Gasteiger partial charge in [0.2, 0.25) is 0 Å². The maximum absolute atomic E-state index is 11.3. The van der Waals surface area contributed by atoms with E-state index in [2.05, 4.69) is 6.58 Å². The van der Waals surface area contributed by atoms with Crippen LogP contribution in [0.1, 0.15) is 12.0 Å². The molecule has 1 aromatic heterocycles. The van der Waals surface area contributed by atoms with Crippen LogP contribution in [0, 0.1) is 0 Å². The molecule has 1 aromatic carbocycles. The number of fused-ring (bicyclic) bond motifs is 1. The van der Waals surface area contributed by atoms with Crippen LogP contribution in [0.5, 0.6) is 0 Å². The van der Waals surface area contributed by atoms with Crippen LogP contribution in [0.15, 0.2) is 34.0 Å². The number of oxazole rings is 1. The predicted molar refractivity (Wildman–Crippen MR) is 62.7 cm³/mol. The summed E-state index contributed by atoms with van der Waals surface area (Å²) in [6, 6.07) is 5.06. The van der Waals surface area contributed by atoms with Gasteiger partial charge in [0.15, 0.2) is 5.58 Å². The average Bonchev–Trinajstić information content (AvgIpc) is 2.53. The van der Waals surface area contributed by atoms with E-state index in [9.17, 15) is 9.59 Å². The molecule has 0 radical (unpaired) electrons. The van der Waals surface area contributed by atoms with Crippen molar-refractivity contribution in [2.75, 3.05) is 0 Å². The third-order valence-corrected chi connectivity index (χ3v) is 2.57. The van der Waals surface area contributed by atoms with E-state index in [1.165, 1.54) is 4.57 Å². The highest BCUT2D eigenvalue weighted by molar-refractivity contribution is 5.86. The lowest BCUT2D eigenvalue weighted by molar-refractivity contribution is -0.135. The minimum atomic E-state index is -0.940. The number of aromatic nitrogens is 1. The molecule has 2 rings (SSSR count). The monoisotopic (exact) mass is 233 g/mol. The molecule has 0 atom stereocenters. The molecule has 0 fully saturated rings. The minimum absolute atomic E-state index is 0.136. The van der Waals surface area contributed by atoms with Gasteiger partial charge in [0.05, 0.1) is 11.9 Å². The van der Waals surface area contributed by atoms with Gasteiger partial charge in [-0.15, -0.1) is 0 Å². The number of hydrogen-bond donors (Lipinski definition) is 1. The molecular formula is C12H11NO4. The standard InChI is InChI=1S/C12H11NO4/c1-7(5-11(14)15)8-3-4-9-10(6-8)17-12(16)13(9)2/h3-4,6H,1,5H2,2H3,(H,14,15). The topological polar surface area (TPSA) is 72.4 Å². The van der Waals surface area contributed by atoms with Gasteiger partial charge in [-0.2, -0.15) is 0 Å². The Bertz CT molecular complexity index is 663. The highest BCUT2D eigenvalue weighted by Gasteiger charge is 2.09. The van der Waals surface area contributed by atoms with Crippen molar-refractivity contribution in [3.8, 4) is 0 Å². The summed E-state index contributed by atoms with van der Waals surface area (Å²) < 4.78 is 6.40. The first-order chi connectivity index (χ1) is 7.99. The number of carboxylic acids is 1. The summed E-state index contributed by atoms with van der Waals surface area (Å²) >= 11 is 0. The van der Waals surface area contributed by atoms with Crippen molar-refractivity contribution in [1.82, 2.24) is 4.57 Å². The molecule has 0 spiro atoms. The third kappa shape index (κ3) is 1.99. The molecule has 0 aliphatic carbocycles. The second-order valence-electron chi connectivity index (χ2n) is 3.78. The number of aryl methyl sites for hydroxylation is 1. The summed E-state index contributed by atoms with van der Waals surface area (Å²) in [6.07, 6.45) is -0.136. The van der Waals surface area contributed by atoms with E-state index >= 15 is 0 Å². The number of carboxylic acid groups (broad SMARTS) is 1. The quantitative estimate of drug-likeness (QED) is 0.874. The second kappa shape index (κ2) is 3.93. The normalized spacial score (nSPS) is 10.6. The van der Waals surface area contributed by atoms with Gasteiger partial charge in [0.1, 0.15) is 0 Å². The number of aliphatic carboxylic acids is 1. The molecule has 5 nitrogen and oxygen atoms in total. The van der Waals surface area contributed by atoms with Gasteiger partial charge in [0.25, 0.3) is 0 Å². The van der Waals surface area contributed by atoms with E-state index in [1.807, 2.05) is 0 Å². The lowest BCUT2D eigenvalue weighted by Crippen LogP contribution is -2.08. The fourth-order valence-corrected chi connectivity index (χ4v) is 1.64. The average molecular weight is 233 g/mol. The van der Waals surface area contributed by atoms with Crippen molar-refractivity contribution in [3.05, 3.63) is 40.9 Å². The number of carbonyl (C=O) groups is 1. The van der Waals surface area contributed by atoms with Crippen molar-refractivity contribution >= 4 is 22.6 Å². The maximum Gasteiger partial charge on any atom is 0.419 e. The van der Waals surface area contributed by atoms with Crippen LogP contribution in [0.25, 0.3) is 16.7 Å². The summed E-state index contributed by atoms with van der Waals surface area (Å²) in [7, 11) is 1.61. The zero-order chi connectivity index (χ0) is 12.6. The Hall–Kier alpha value is -2.30. The van der Waals surface area contributed by atoms with Gasteiger partial charge < -0.3 is 9.52 Å². The zero-order valence-corrected chi connectivity index (χ0v) is 9.27. The maximum atomic E-state index is 11.3. The van der Waals surface area contributed by atoms with Crippen LogP contribution in [0.2, 0.25) is 0 Å². The Kier molecular flexibility index (Phi) is 2.59. The highest BCUT2D eigenvalue weighted by atomic mass is 16.4. The summed E-state index contributed by atoms with van der Waals surface area (Å²) in [5.74, 6) is -1.38. The molecule has 0 unspecified atom stereocenters. The van der Waals surface area contributed by atoms with Crippen molar-refractivity contribution in [2.24, 2.45) is 7.05 Å². The van der Waals surface area contributed by atoms with E-state index in [0.29, 0.717) is 22.2 Å². The van der Waals surface area contributed by atoms with Gasteiger partial charge in [-0.05, 0) is 23.3 Å². The number of hydrogen-bond acceptors (Lipinski definition) is 3. The first-order valence-electron chi connectivity index (χ1n) is 4.98. The number of benzene rings is 1. The first kappa shape index (κ1) is 11.2. The van der Waals surface area contributed by atoms with Gasteiger partial charge >= 0.3 is 11.7 Å². The summed E-state index contributed by atoms with van der Waals surface area (Å²) in [6.45, 7) is 3.69. The van der Waals surface area contributed by atoms with E-state index in [-0.39, 0.29) is 6.42 Å². The van der Waals surface area contributed by atoms with Crippen molar-refractivity contribution in [2.45, 2.75) is 6.42 Å². The number of rotatable bonds is 3. The molecule has 1 N–H and O–H groups in total. The Morgan fingerprint density at radius 3 is 2.88 bits per heavy atom. The number of nitrogens with zero attached hydrogens (tertiary/aromatic N) is 1. The SMILES string of the molecule is C=C(CC(=O)O)c1ccc2c(c1)oc(=O)n2C. The minimum Gasteiger partial charge on any atom is -0.481 e. The summed E-state index contributed by atoms with van der Waals surface area (Å²) in [4.78, 5) is 21.8. The van der Waals surface area contributed by atoms with E-state index in [4.69, 9.17) is 9.52 Å². The molecule has 1 heterocycles. The van der Waals surface area contributed by atoms with Crippen molar-refractivity contribution in [1.29, 1.82) is 0 Å². The van der Waals surface area contributed by atoms with Crippen LogP contribution in [0.3, 0.4) is 0 Å². The van der Waals surface area contributed by atoms with Crippen LogP contribution >= 0.6 is 0 Å². The largest absolute Gasteiger partial charge is 0.481 e. The highest BCUT2D eigenvalue weighted by Crippen LogP contribution is 2.21. The molecule has 17 heavy (non-hydrogen) atoms. The first-order valence-corrected chi connectivity index (χ1v) is 4.98. The molecule has 0 aliphatic rings. The molecule has 2 aromatic rings. The van der Waals surface area contributed by atoms with Gasteiger partial charge in [-0.3, -0.25) is 9.36 Å². The smallest absolute Gasteiger partial charge is 0.419 e. The Morgan fingerprint density at radius 1 is 1.53 bits per heavy atom. The van der Waals surface area contributed by atoms with Crippen LogP contribution in [0.4, 0.5) is 0 Å². The Labute approximate surface area is 96.6 Å². The van der Waals surface area contributed by atoms with Crippen LogP contribution in [-0.4, -0.2) is 15.6 Å². The van der Waals surface area contributed by atoms with E-state index < -0.39 is 11.7 Å². The third-order valence-electron chi connectivity index (χ3n) is 2.57. The van der Waals surface area contributed by atoms with E-state index in [1.54, 1.807) is 25.2 Å². The lowest BCUT2D eigenvalue weighted by Gasteiger charge is -2.02. The van der Waals surface area contributed by atoms with E-state index in [0.717, 1.165) is 0 Å². The molecular weight excluding hydrogens is 222 g/mol. The zero-order valence-electron chi connectivity index (χ0n) is 9.27. The van der Waals surface area contributed by atoms with Gasteiger partial charge in [-0.25, -0.2) is 4.79 Å².